The second-order valence-electron chi connectivity index (χ2n) is 8.40. The number of rotatable bonds is 1. The van der Waals surface area contributed by atoms with Crippen molar-refractivity contribution in [2.24, 2.45) is 5.41 Å². The van der Waals surface area contributed by atoms with E-state index in [0.29, 0.717) is 11.5 Å². The molecule has 2 heterocycles. The number of carbonyl (C=O) groups excluding carboxylic acids is 1. The number of carbonyl (C=O) groups is 1. The zero-order valence-electron chi connectivity index (χ0n) is 14.4. The van der Waals surface area contributed by atoms with Gasteiger partial charge in [0.2, 0.25) is 0 Å². The van der Waals surface area contributed by atoms with E-state index in [0.717, 1.165) is 25.9 Å². The lowest BCUT2D eigenvalue weighted by Gasteiger charge is -2.44. The molecule has 2 saturated heterocycles. The molecule has 0 radical (unpaired) electrons. The summed E-state index contributed by atoms with van der Waals surface area (Å²) in [5.41, 5.74) is 0.111. The van der Waals surface area contributed by atoms with E-state index in [2.05, 4.69) is 18.7 Å². The van der Waals surface area contributed by atoms with Crippen molar-refractivity contribution in [1.29, 1.82) is 0 Å². The van der Waals surface area contributed by atoms with E-state index in [1.165, 1.54) is 25.9 Å². The van der Waals surface area contributed by atoms with E-state index in [-0.39, 0.29) is 6.09 Å². The lowest BCUT2D eigenvalue weighted by Crippen LogP contribution is -2.50. The SMILES string of the molecule is CC1(C)CCN(C2CCN(C(=O)OC(C)(C)C)CC2)CC1. The van der Waals surface area contributed by atoms with Crippen LogP contribution in [0.5, 0.6) is 0 Å². The normalized spacial score (nSPS) is 24.9. The Labute approximate surface area is 129 Å². The van der Waals surface area contributed by atoms with Gasteiger partial charge in [-0.3, -0.25) is 0 Å². The molecule has 4 heteroatoms. The number of likely N-dealkylation sites (tertiary alicyclic amines) is 2. The smallest absolute Gasteiger partial charge is 0.410 e. The van der Waals surface area contributed by atoms with Gasteiger partial charge in [0.1, 0.15) is 5.60 Å². The highest BCUT2D eigenvalue weighted by molar-refractivity contribution is 5.68. The first-order valence-corrected chi connectivity index (χ1v) is 8.38. The Hall–Kier alpha value is -0.770. The predicted octanol–water partition coefficient (Wildman–Crippen LogP) is 3.51. The molecule has 0 aromatic rings. The maximum Gasteiger partial charge on any atom is 0.410 e. The molecule has 0 spiro atoms. The van der Waals surface area contributed by atoms with Crippen LogP contribution < -0.4 is 0 Å². The maximum absolute atomic E-state index is 12.1. The maximum atomic E-state index is 12.1. The molecule has 0 atom stereocenters. The summed E-state index contributed by atoms with van der Waals surface area (Å²) in [7, 11) is 0. The zero-order chi connectivity index (χ0) is 15.7. The van der Waals surface area contributed by atoms with Gasteiger partial charge in [0, 0.05) is 19.1 Å². The van der Waals surface area contributed by atoms with Crippen LogP contribution in [-0.2, 0) is 4.74 Å². The standard InChI is InChI=1S/C17H32N2O2/c1-16(2,3)21-15(20)19-10-6-14(7-11-19)18-12-8-17(4,5)9-13-18/h14H,6-13H2,1-5H3. The highest BCUT2D eigenvalue weighted by Gasteiger charge is 2.33. The van der Waals surface area contributed by atoms with Crippen molar-refractivity contribution in [3.8, 4) is 0 Å². The van der Waals surface area contributed by atoms with Crippen molar-refractivity contribution in [2.45, 2.75) is 71.9 Å². The number of ether oxygens (including phenoxy) is 1. The van der Waals surface area contributed by atoms with E-state index < -0.39 is 5.60 Å². The molecule has 2 fully saturated rings. The van der Waals surface area contributed by atoms with Gasteiger partial charge >= 0.3 is 6.09 Å². The molecule has 2 aliphatic heterocycles. The Morgan fingerprint density at radius 1 is 1.05 bits per heavy atom. The number of nitrogens with zero attached hydrogens (tertiary/aromatic N) is 2. The zero-order valence-corrected chi connectivity index (χ0v) is 14.4. The van der Waals surface area contributed by atoms with Crippen LogP contribution in [0.2, 0.25) is 0 Å². The summed E-state index contributed by atoms with van der Waals surface area (Å²) in [6, 6.07) is 0.653. The van der Waals surface area contributed by atoms with E-state index in [9.17, 15) is 4.79 Å². The average molecular weight is 296 g/mol. The Balaban J connectivity index is 1.77. The Morgan fingerprint density at radius 2 is 1.57 bits per heavy atom. The molecule has 122 valence electrons. The van der Waals surface area contributed by atoms with Crippen LogP contribution in [0.25, 0.3) is 0 Å². The number of hydrogen-bond acceptors (Lipinski definition) is 3. The van der Waals surface area contributed by atoms with Crippen molar-refractivity contribution in [1.82, 2.24) is 9.80 Å². The van der Waals surface area contributed by atoms with Crippen LogP contribution in [0.15, 0.2) is 0 Å². The van der Waals surface area contributed by atoms with Crippen molar-refractivity contribution in [2.75, 3.05) is 26.2 Å². The summed E-state index contributed by atoms with van der Waals surface area (Å²) in [5, 5.41) is 0. The van der Waals surface area contributed by atoms with Gasteiger partial charge in [-0.25, -0.2) is 4.79 Å². The molecule has 0 aliphatic carbocycles. The number of amides is 1. The fourth-order valence-electron chi connectivity index (χ4n) is 3.23. The summed E-state index contributed by atoms with van der Waals surface area (Å²) >= 11 is 0. The van der Waals surface area contributed by atoms with Crippen molar-refractivity contribution in [3.63, 3.8) is 0 Å². The average Bonchev–Trinajstić information content (AvgIpc) is 2.37. The predicted molar refractivity (Wildman–Crippen MR) is 85.4 cm³/mol. The summed E-state index contributed by atoms with van der Waals surface area (Å²) < 4.78 is 5.46. The van der Waals surface area contributed by atoms with Crippen LogP contribution in [-0.4, -0.2) is 53.7 Å². The third-order valence-electron chi connectivity index (χ3n) is 4.78. The van der Waals surface area contributed by atoms with Crippen molar-refractivity contribution >= 4 is 6.09 Å². The van der Waals surface area contributed by atoms with Gasteiger partial charge < -0.3 is 14.5 Å². The van der Waals surface area contributed by atoms with Crippen molar-refractivity contribution in [3.05, 3.63) is 0 Å². The van der Waals surface area contributed by atoms with Crippen LogP contribution in [0, 0.1) is 5.41 Å². The number of hydrogen-bond donors (Lipinski definition) is 0. The summed E-state index contributed by atoms with van der Waals surface area (Å²) in [4.78, 5) is 16.6. The molecule has 2 rings (SSSR count). The fraction of sp³-hybridized carbons (Fsp3) is 0.941. The second kappa shape index (κ2) is 6.15. The molecule has 21 heavy (non-hydrogen) atoms. The molecular weight excluding hydrogens is 264 g/mol. The van der Waals surface area contributed by atoms with Gasteiger partial charge in [-0.15, -0.1) is 0 Å². The molecule has 2 aliphatic rings. The first-order chi connectivity index (χ1) is 9.66. The van der Waals surface area contributed by atoms with Gasteiger partial charge in [0.15, 0.2) is 0 Å². The minimum Gasteiger partial charge on any atom is -0.444 e. The largest absolute Gasteiger partial charge is 0.444 e. The van der Waals surface area contributed by atoms with E-state index in [1.54, 1.807) is 0 Å². The molecule has 4 nitrogen and oxygen atoms in total. The first kappa shape index (κ1) is 16.6. The Morgan fingerprint density at radius 3 is 2.05 bits per heavy atom. The molecule has 1 amide bonds. The van der Waals surface area contributed by atoms with Crippen LogP contribution in [0.3, 0.4) is 0 Å². The summed E-state index contributed by atoms with van der Waals surface area (Å²) in [6.07, 6.45) is 4.60. The molecule has 0 saturated carbocycles. The quantitative estimate of drug-likeness (QED) is 0.742. The van der Waals surface area contributed by atoms with Gasteiger partial charge in [-0.2, -0.15) is 0 Å². The number of piperidine rings is 2. The topological polar surface area (TPSA) is 32.8 Å². The minimum absolute atomic E-state index is 0.152. The highest BCUT2D eigenvalue weighted by Crippen LogP contribution is 2.32. The van der Waals surface area contributed by atoms with Crippen molar-refractivity contribution < 1.29 is 9.53 Å². The second-order valence-corrected chi connectivity index (χ2v) is 8.40. The van der Waals surface area contributed by atoms with Crippen LogP contribution >= 0.6 is 0 Å². The van der Waals surface area contributed by atoms with Gasteiger partial charge in [0.25, 0.3) is 0 Å². The van der Waals surface area contributed by atoms with E-state index >= 15 is 0 Å². The minimum atomic E-state index is -0.396. The molecule has 0 N–H and O–H groups in total. The lowest BCUT2D eigenvalue weighted by molar-refractivity contribution is 0.00951. The van der Waals surface area contributed by atoms with Crippen LogP contribution in [0.1, 0.15) is 60.3 Å². The molecule has 0 aromatic heterocycles. The van der Waals surface area contributed by atoms with E-state index in [4.69, 9.17) is 4.74 Å². The summed E-state index contributed by atoms with van der Waals surface area (Å²) in [6.45, 7) is 14.6. The molecule has 0 bridgehead atoms. The Kier molecular flexibility index (Phi) is 4.86. The monoisotopic (exact) mass is 296 g/mol. The van der Waals surface area contributed by atoms with Gasteiger partial charge in [-0.1, -0.05) is 13.8 Å². The van der Waals surface area contributed by atoms with Gasteiger partial charge in [0.05, 0.1) is 0 Å². The molecule has 0 aromatic carbocycles. The fourth-order valence-corrected chi connectivity index (χ4v) is 3.23. The summed E-state index contributed by atoms with van der Waals surface area (Å²) in [5.74, 6) is 0. The molecule has 0 unspecified atom stereocenters. The third-order valence-corrected chi connectivity index (χ3v) is 4.78. The lowest BCUT2D eigenvalue weighted by atomic mass is 9.82. The Bertz CT molecular complexity index is 355. The highest BCUT2D eigenvalue weighted by atomic mass is 16.6. The third kappa shape index (κ3) is 4.87. The molecular formula is C17H32N2O2. The first-order valence-electron chi connectivity index (χ1n) is 8.38. The van der Waals surface area contributed by atoms with Gasteiger partial charge in [-0.05, 0) is 65.0 Å². The van der Waals surface area contributed by atoms with E-state index in [1.807, 2.05) is 25.7 Å². The van der Waals surface area contributed by atoms with Crippen LogP contribution in [0.4, 0.5) is 4.79 Å².